The van der Waals surface area contributed by atoms with Crippen molar-refractivity contribution in [3.8, 4) is 0 Å². The Balaban J connectivity index is 1.71. The molecule has 0 spiro atoms. The van der Waals surface area contributed by atoms with E-state index in [2.05, 4.69) is 13.8 Å². The minimum atomic E-state index is -5.77. The molecule has 0 saturated heterocycles. The number of carbonyl (C=O) groups excluding carboxylic acids is 1. The molecule has 8 atom stereocenters. The van der Waals surface area contributed by atoms with Gasteiger partial charge in [-0.15, -0.1) is 0 Å². The van der Waals surface area contributed by atoms with E-state index in [0.717, 1.165) is 12.8 Å². The van der Waals surface area contributed by atoms with Crippen LogP contribution in [0.25, 0.3) is 0 Å². The van der Waals surface area contributed by atoms with E-state index in [1.165, 1.54) is 6.92 Å². The molecule has 29 heavy (non-hydrogen) atoms. The van der Waals surface area contributed by atoms with E-state index in [0.29, 0.717) is 19.3 Å². The van der Waals surface area contributed by atoms with Crippen LogP contribution in [0.1, 0.15) is 72.1 Å². The summed E-state index contributed by atoms with van der Waals surface area (Å²) in [5, 5.41) is 10.9. The molecule has 4 aliphatic carbocycles. The zero-order valence-electron chi connectivity index (χ0n) is 17.3. The lowest BCUT2D eigenvalue weighted by atomic mass is 9.42. The normalized spacial score (nSPS) is 50.7. The predicted molar refractivity (Wildman–Crippen MR) is 97.2 cm³/mol. The van der Waals surface area contributed by atoms with E-state index >= 15 is 0 Å². The van der Waals surface area contributed by atoms with Gasteiger partial charge in [-0.05, 0) is 73.5 Å². The van der Waals surface area contributed by atoms with Crippen LogP contribution in [-0.2, 0) is 4.79 Å². The lowest BCUT2D eigenvalue weighted by Gasteiger charge is -2.63. The molecule has 0 radical (unpaired) electrons. The largest absolute Gasteiger partial charge is 0.456 e. The summed E-state index contributed by atoms with van der Waals surface area (Å²) in [6, 6.07) is 0. The summed E-state index contributed by atoms with van der Waals surface area (Å²) in [5.74, 6) is -4.57. The van der Waals surface area contributed by atoms with Crippen LogP contribution in [0.15, 0.2) is 0 Å². The van der Waals surface area contributed by atoms with E-state index in [1.807, 2.05) is 0 Å². The predicted octanol–water partition coefficient (Wildman–Crippen LogP) is 5.77. The average molecular weight is 422 g/mol. The first-order valence-corrected chi connectivity index (χ1v) is 10.9. The number of hydrogen-bond donors (Lipinski definition) is 1. The Morgan fingerprint density at radius 1 is 1.00 bits per heavy atom. The fourth-order valence-electron chi connectivity index (χ4n) is 8.20. The molecule has 0 aromatic rings. The van der Waals surface area contributed by atoms with Crippen LogP contribution in [0.2, 0.25) is 0 Å². The summed E-state index contributed by atoms with van der Waals surface area (Å²) in [4.78, 5) is 12.0. The van der Waals surface area contributed by atoms with E-state index in [9.17, 15) is 31.9 Å². The number of carbonyl (C=O) groups is 1. The van der Waals surface area contributed by atoms with Crippen molar-refractivity contribution in [2.24, 2.45) is 40.4 Å². The second-order valence-corrected chi connectivity index (χ2v) is 10.9. The number of hydrogen-bond acceptors (Lipinski definition) is 2. The molecule has 0 aromatic heterocycles. The van der Waals surface area contributed by atoms with Crippen LogP contribution in [0.3, 0.4) is 0 Å². The van der Waals surface area contributed by atoms with Crippen molar-refractivity contribution in [1.29, 1.82) is 0 Å². The molecule has 0 aromatic carbocycles. The van der Waals surface area contributed by atoms with Gasteiger partial charge in [0.2, 0.25) is 0 Å². The van der Waals surface area contributed by atoms with Gasteiger partial charge in [0.05, 0.1) is 0 Å². The quantitative estimate of drug-likeness (QED) is 0.545. The number of fused-ring (bicyclic) bond motifs is 5. The molecule has 166 valence electrons. The van der Waals surface area contributed by atoms with Gasteiger partial charge < -0.3 is 5.11 Å². The lowest BCUT2D eigenvalue weighted by molar-refractivity contribution is -0.364. The van der Waals surface area contributed by atoms with E-state index in [-0.39, 0.29) is 53.6 Å². The minimum Gasteiger partial charge on any atom is -0.383 e. The summed E-state index contributed by atoms with van der Waals surface area (Å²) in [6.07, 6.45) is -2.70. The fourth-order valence-corrected chi connectivity index (χ4v) is 8.20. The van der Waals surface area contributed by atoms with Crippen molar-refractivity contribution in [3.63, 3.8) is 0 Å². The van der Waals surface area contributed by atoms with Crippen LogP contribution in [0.4, 0.5) is 22.0 Å². The highest BCUT2D eigenvalue weighted by atomic mass is 19.4. The van der Waals surface area contributed by atoms with E-state index in [4.69, 9.17) is 0 Å². The summed E-state index contributed by atoms with van der Waals surface area (Å²) >= 11 is 0. The van der Waals surface area contributed by atoms with Gasteiger partial charge in [0.15, 0.2) is 0 Å². The Hall–Kier alpha value is -0.720. The molecule has 0 bridgehead atoms. The van der Waals surface area contributed by atoms with E-state index in [1.54, 1.807) is 0 Å². The van der Waals surface area contributed by atoms with Gasteiger partial charge in [-0.2, -0.15) is 22.0 Å². The monoisotopic (exact) mass is 422 g/mol. The van der Waals surface area contributed by atoms with Gasteiger partial charge in [0.25, 0.3) is 0 Å². The van der Waals surface area contributed by atoms with Crippen LogP contribution < -0.4 is 0 Å². The third-order valence-corrected chi connectivity index (χ3v) is 9.87. The minimum absolute atomic E-state index is 0.0151. The molecule has 3 unspecified atom stereocenters. The van der Waals surface area contributed by atoms with Crippen molar-refractivity contribution in [2.75, 3.05) is 0 Å². The molecule has 0 aliphatic heterocycles. The van der Waals surface area contributed by atoms with Gasteiger partial charge in [0, 0.05) is 18.3 Å². The Kier molecular flexibility index (Phi) is 4.57. The number of Topliss-reactive ketones (excluding diaryl/α,β-unsaturated/α-hetero) is 1. The standard InChI is InChI=1S/C22H31F5O2/c1-12-10-13-11-14(28)4-7-18(13,2)15-5-8-19(3)16(17(12)15)6-9-20(19,29)21(23,24)22(25,26)27/h12-13,15-17,29H,4-11H2,1-3H3/t12-,13-,15?,16?,17?,18+,19+,20+/m1/s1. The molecule has 0 heterocycles. The molecule has 4 rings (SSSR count). The molecule has 4 fully saturated rings. The molecular formula is C22H31F5O2. The Labute approximate surface area is 168 Å². The molecule has 0 amide bonds. The molecular weight excluding hydrogens is 391 g/mol. The van der Waals surface area contributed by atoms with Gasteiger partial charge in [-0.3, -0.25) is 4.79 Å². The molecule has 7 heteroatoms. The third-order valence-electron chi connectivity index (χ3n) is 9.87. The SMILES string of the molecule is C[C@@H]1C[C@@H]2CC(=O)CC[C@]2(C)C2CC[C@@]3(C)C(CC[C@@]3(O)C(F)(F)C(F)(F)F)C21. The number of rotatable bonds is 1. The van der Waals surface area contributed by atoms with Crippen molar-refractivity contribution in [1.82, 2.24) is 0 Å². The highest BCUT2D eigenvalue weighted by Gasteiger charge is 2.79. The Morgan fingerprint density at radius 3 is 2.24 bits per heavy atom. The maximum atomic E-state index is 14.5. The highest BCUT2D eigenvalue weighted by Crippen LogP contribution is 2.71. The number of halogens is 5. The molecule has 1 N–H and O–H groups in total. The number of ketones is 1. The maximum Gasteiger partial charge on any atom is 0.456 e. The lowest BCUT2D eigenvalue weighted by Crippen LogP contribution is -2.66. The van der Waals surface area contributed by atoms with Crippen LogP contribution in [-0.4, -0.2) is 28.6 Å². The molecule has 4 aliphatic rings. The number of alkyl halides is 5. The van der Waals surface area contributed by atoms with Crippen LogP contribution in [0, 0.1) is 40.4 Å². The molecule has 4 saturated carbocycles. The maximum absolute atomic E-state index is 14.5. The third kappa shape index (κ3) is 2.58. The van der Waals surface area contributed by atoms with Crippen LogP contribution >= 0.6 is 0 Å². The summed E-state index contributed by atoms with van der Waals surface area (Å²) < 4.78 is 68.8. The first-order valence-electron chi connectivity index (χ1n) is 10.9. The van der Waals surface area contributed by atoms with Crippen LogP contribution in [0.5, 0.6) is 0 Å². The summed E-state index contributed by atoms with van der Waals surface area (Å²) in [5.41, 5.74) is -4.59. The first kappa shape index (κ1) is 21.5. The summed E-state index contributed by atoms with van der Waals surface area (Å²) in [6.45, 7) is 5.72. The topological polar surface area (TPSA) is 37.3 Å². The van der Waals surface area contributed by atoms with Crippen molar-refractivity contribution in [3.05, 3.63) is 0 Å². The second kappa shape index (κ2) is 6.17. The second-order valence-electron chi connectivity index (χ2n) is 10.9. The smallest absolute Gasteiger partial charge is 0.383 e. The van der Waals surface area contributed by atoms with Crippen molar-refractivity contribution in [2.45, 2.75) is 89.8 Å². The Bertz CT molecular complexity index is 706. The first-order chi connectivity index (χ1) is 13.2. The van der Waals surface area contributed by atoms with Crippen molar-refractivity contribution >= 4 is 5.78 Å². The van der Waals surface area contributed by atoms with Gasteiger partial charge in [0.1, 0.15) is 11.4 Å². The fraction of sp³-hybridized carbons (Fsp3) is 0.955. The van der Waals surface area contributed by atoms with Gasteiger partial charge >= 0.3 is 12.1 Å². The number of aliphatic hydroxyl groups is 1. The van der Waals surface area contributed by atoms with Crippen molar-refractivity contribution < 1.29 is 31.9 Å². The average Bonchev–Trinajstić information content (AvgIpc) is 2.88. The van der Waals surface area contributed by atoms with Gasteiger partial charge in [-0.25, -0.2) is 0 Å². The molecule has 2 nitrogen and oxygen atoms in total. The zero-order chi connectivity index (χ0) is 21.6. The Morgan fingerprint density at radius 2 is 1.62 bits per heavy atom. The zero-order valence-corrected chi connectivity index (χ0v) is 17.3. The summed E-state index contributed by atoms with van der Waals surface area (Å²) in [7, 11) is 0. The van der Waals surface area contributed by atoms with Gasteiger partial charge in [-0.1, -0.05) is 20.8 Å². The highest BCUT2D eigenvalue weighted by molar-refractivity contribution is 5.79. The van der Waals surface area contributed by atoms with E-state index < -0.39 is 29.5 Å².